The van der Waals surface area contributed by atoms with E-state index >= 15 is 0 Å². The second-order valence-electron chi connectivity index (χ2n) is 16.7. The molecule has 7 atom stereocenters. The molecule has 2 saturated heterocycles. The molecule has 330 valence electrons. The number of benzene rings is 4. The Morgan fingerprint density at radius 3 is 1.50 bits per heavy atom. The second-order valence-corrected chi connectivity index (χ2v) is 16.7. The summed E-state index contributed by atoms with van der Waals surface area (Å²) < 4.78 is 0. The molecule has 6 aromatic rings. The van der Waals surface area contributed by atoms with Gasteiger partial charge in [-0.1, -0.05) is 97.1 Å². The lowest BCUT2D eigenvalue weighted by atomic mass is 9.99. The summed E-state index contributed by atoms with van der Waals surface area (Å²) in [5.41, 5.74) is 4.53. The number of aromatic amines is 2. The van der Waals surface area contributed by atoms with E-state index in [-0.39, 0.29) is 32.2 Å². The largest absolute Gasteiger partial charge is 0.391 e. The molecular formula is C49H52N8O7. The van der Waals surface area contributed by atoms with Crippen molar-refractivity contribution >= 4 is 57.2 Å². The van der Waals surface area contributed by atoms with Gasteiger partial charge in [0.15, 0.2) is 0 Å². The highest BCUT2D eigenvalue weighted by Crippen LogP contribution is 2.24. The Kier molecular flexibility index (Phi) is 13.2. The molecule has 4 heterocycles. The average molecular weight is 865 g/mol. The van der Waals surface area contributed by atoms with E-state index < -0.39 is 77.8 Å². The molecule has 0 saturated carbocycles. The molecule has 15 nitrogen and oxygen atoms in total. The predicted octanol–water partition coefficient (Wildman–Crippen LogP) is 2.73. The first-order valence-electron chi connectivity index (χ1n) is 21.7. The summed E-state index contributed by atoms with van der Waals surface area (Å²) in [5, 5.41) is 26.8. The molecule has 4 aromatic carbocycles. The van der Waals surface area contributed by atoms with Gasteiger partial charge in [0.2, 0.25) is 35.4 Å². The van der Waals surface area contributed by atoms with Gasteiger partial charge in [-0.15, -0.1) is 0 Å². The van der Waals surface area contributed by atoms with Crippen molar-refractivity contribution < 1.29 is 33.9 Å². The van der Waals surface area contributed by atoms with Crippen LogP contribution in [0, 0.1) is 0 Å². The Morgan fingerprint density at radius 2 is 0.969 bits per heavy atom. The topological polar surface area (TPSA) is 218 Å². The summed E-state index contributed by atoms with van der Waals surface area (Å²) in [7, 11) is 0. The van der Waals surface area contributed by atoms with E-state index in [0.717, 1.165) is 38.5 Å². The van der Waals surface area contributed by atoms with Crippen LogP contribution in [0.1, 0.15) is 42.0 Å². The lowest BCUT2D eigenvalue weighted by molar-refractivity contribution is -0.143. The Balaban J connectivity index is 1.20. The standard InChI is InChI=1S/C49H52N8O7/c1-29(58)43-48(63)55-41(24-31-15-6-3-7-16-31)49(64)57-22-12-21-42(57)47(62)54-40(26-33-28-51-37-20-11-9-18-35(33)37)45(60)53-39(25-32-27-50-36-19-10-8-17-34(32)36)44(59)52-38(46(61)56-43)23-30-13-4-2-5-14-30/h2-11,13-20,27-29,38-43,50-51,58H,12,21-26H2,1H3,(H,52,59)(H,53,60)(H,54,62)(H,55,63)(H,56,61)/t29-,38+,39-,40+,41+,42+,43+/m1/s1. The van der Waals surface area contributed by atoms with Crippen LogP contribution < -0.4 is 26.6 Å². The zero-order chi connectivity index (χ0) is 44.7. The number of amides is 6. The minimum Gasteiger partial charge on any atom is -0.391 e. The third-order valence-corrected chi connectivity index (χ3v) is 12.2. The van der Waals surface area contributed by atoms with Crippen LogP contribution in [-0.4, -0.2) is 104 Å². The SMILES string of the molecule is C[C@@H](O)[C@@H]1NC(=O)[C@H](Cc2ccccc2)NC(=O)[C@@H](Cc2c[nH]c3ccccc23)NC(=O)[C@H](Cc2c[nH]c3ccccc23)NC(=O)[C@@H]2CCCN2C(=O)[C@H](Cc2ccccc2)NC1=O. The lowest BCUT2D eigenvalue weighted by Crippen LogP contribution is -2.63. The van der Waals surface area contributed by atoms with Crippen LogP contribution in [0.25, 0.3) is 21.8 Å². The molecule has 8 rings (SSSR count). The maximum atomic E-state index is 14.8. The number of aliphatic hydroxyl groups is 1. The molecule has 8 N–H and O–H groups in total. The highest BCUT2D eigenvalue weighted by molar-refractivity contribution is 5.99. The molecule has 64 heavy (non-hydrogen) atoms. The molecule has 2 aliphatic rings. The number of para-hydroxylation sites is 2. The van der Waals surface area contributed by atoms with E-state index in [1.165, 1.54) is 11.8 Å². The Labute approximate surface area is 369 Å². The third-order valence-electron chi connectivity index (χ3n) is 12.2. The van der Waals surface area contributed by atoms with Gasteiger partial charge >= 0.3 is 0 Å². The van der Waals surface area contributed by atoms with E-state index in [9.17, 15) is 33.9 Å². The molecule has 0 aliphatic carbocycles. The Bertz CT molecular complexity index is 2640. The summed E-state index contributed by atoms with van der Waals surface area (Å²) in [6, 6.07) is 25.6. The minimum atomic E-state index is -1.54. The van der Waals surface area contributed by atoms with Gasteiger partial charge in [-0.2, -0.15) is 0 Å². The van der Waals surface area contributed by atoms with Crippen molar-refractivity contribution in [2.75, 3.05) is 6.54 Å². The summed E-state index contributed by atoms with van der Waals surface area (Å²) >= 11 is 0. The van der Waals surface area contributed by atoms with Crippen molar-refractivity contribution in [3.63, 3.8) is 0 Å². The van der Waals surface area contributed by atoms with E-state index in [1.54, 1.807) is 48.8 Å². The van der Waals surface area contributed by atoms with Crippen molar-refractivity contribution in [1.82, 2.24) is 41.5 Å². The lowest BCUT2D eigenvalue weighted by Gasteiger charge is -2.32. The Hall–Kier alpha value is -7.26. The van der Waals surface area contributed by atoms with Gasteiger partial charge < -0.3 is 46.6 Å². The highest BCUT2D eigenvalue weighted by Gasteiger charge is 2.41. The zero-order valence-corrected chi connectivity index (χ0v) is 35.4. The van der Waals surface area contributed by atoms with Crippen molar-refractivity contribution in [2.24, 2.45) is 0 Å². The van der Waals surface area contributed by atoms with Crippen LogP contribution in [0.3, 0.4) is 0 Å². The molecule has 2 aliphatic heterocycles. The zero-order valence-electron chi connectivity index (χ0n) is 35.4. The number of nitrogens with one attached hydrogen (secondary N) is 7. The van der Waals surface area contributed by atoms with Crippen LogP contribution in [0.5, 0.6) is 0 Å². The molecule has 0 radical (unpaired) electrons. The monoisotopic (exact) mass is 864 g/mol. The quantitative estimate of drug-likeness (QED) is 0.109. The van der Waals surface area contributed by atoms with Crippen LogP contribution >= 0.6 is 0 Å². The van der Waals surface area contributed by atoms with E-state index in [4.69, 9.17) is 0 Å². The van der Waals surface area contributed by atoms with Crippen molar-refractivity contribution in [3.8, 4) is 0 Å². The molecule has 0 unspecified atom stereocenters. The second kappa shape index (κ2) is 19.4. The van der Waals surface area contributed by atoms with Crippen molar-refractivity contribution in [1.29, 1.82) is 0 Å². The summed E-state index contributed by atoms with van der Waals surface area (Å²) in [6.45, 7) is 1.55. The number of hydrogen-bond donors (Lipinski definition) is 8. The van der Waals surface area contributed by atoms with Gasteiger partial charge in [-0.3, -0.25) is 28.8 Å². The maximum Gasteiger partial charge on any atom is 0.246 e. The molecule has 6 amide bonds. The van der Waals surface area contributed by atoms with E-state index in [0.29, 0.717) is 18.4 Å². The minimum absolute atomic E-state index is 0.00142. The summed E-state index contributed by atoms with van der Waals surface area (Å²) in [5.74, 6) is -4.04. The molecule has 0 spiro atoms. The number of hydrogen-bond acceptors (Lipinski definition) is 7. The van der Waals surface area contributed by atoms with Gasteiger partial charge in [0.1, 0.15) is 36.3 Å². The fourth-order valence-corrected chi connectivity index (χ4v) is 8.80. The molecule has 0 bridgehead atoms. The number of aromatic nitrogens is 2. The fraction of sp³-hybridized carbons (Fsp3) is 0.306. The van der Waals surface area contributed by atoms with Gasteiger partial charge in [0.05, 0.1) is 6.10 Å². The normalized spacial score (nSPS) is 23.3. The van der Waals surface area contributed by atoms with Gasteiger partial charge in [0, 0.05) is 66.4 Å². The molecule has 2 fully saturated rings. The maximum absolute atomic E-state index is 14.8. The number of carbonyl (C=O) groups is 6. The van der Waals surface area contributed by atoms with E-state index in [2.05, 4.69) is 36.6 Å². The number of carbonyl (C=O) groups excluding carboxylic acids is 6. The number of aliphatic hydroxyl groups excluding tert-OH is 1. The van der Waals surface area contributed by atoms with Crippen molar-refractivity contribution in [2.45, 2.75) is 87.8 Å². The molecule has 2 aromatic heterocycles. The summed E-state index contributed by atoms with van der Waals surface area (Å²) in [6.07, 6.45) is 2.97. The number of nitrogens with zero attached hydrogens (tertiary/aromatic N) is 1. The van der Waals surface area contributed by atoms with Crippen LogP contribution in [0.2, 0.25) is 0 Å². The van der Waals surface area contributed by atoms with Crippen LogP contribution in [-0.2, 0) is 54.5 Å². The first-order chi connectivity index (χ1) is 31.0. The average Bonchev–Trinajstić information content (AvgIpc) is 4.07. The number of fused-ring (bicyclic) bond motifs is 3. The van der Waals surface area contributed by atoms with Gasteiger partial charge in [0.25, 0.3) is 0 Å². The van der Waals surface area contributed by atoms with Gasteiger partial charge in [-0.05, 0) is 54.2 Å². The first-order valence-corrected chi connectivity index (χ1v) is 21.7. The smallest absolute Gasteiger partial charge is 0.246 e. The number of H-pyrrole nitrogens is 2. The fourth-order valence-electron chi connectivity index (χ4n) is 8.80. The Morgan fingerprint density at radius 1 is 0.531 bits per heavy atom. The number of rotatable bonds is 9. The van der Waals surface area contributed by atoms with E-state index in [1.807, 2.05) is 72.8 Å². The summed E-state index contributed by atoms with van der Waals surface area (Å²) in [4.78, 5) is 95.2. The van der Waals surface area contributed by atoms with Crippen LogP contribution in [0.15, 0.2) is 122 Å². The highest BCUT2D eigenvalue weighted by atomic mass is 16.3. The van der Waals surface area contributed by atoms with Crippen molar-refractivity contribution in [3.05, 3.63) is 144 Å². The molecule has 15 heteroatoms. The van der Waals surface area contributed by atoms with Gasteiger partial charge in [-0.25, -0.2) is 0 Å². The third kappa shape index (κ3) is 9.84. The van der Waals surface area contributed by atoms with Crippen LogP contribution in [0.4, 0.5) is 0 Å². The molecular weight excluding hydrogens is 813 g/mol. The first kappa shape index (κ1) is 43.4. The predicted molar refractivity (Wildman–Crippen MR) is 240 cm³/mol.